The monoisotopic (exact) mass is 556 g/mol. The Morgan fingerprint density at radius 1 is 0.543 bits per heavy atom. The average molecular weight is 556 g/mol. The largest absolute Gasteiger partial charge is 0.473 e. The highest BCUT2D eigenvalue weighted by atomic mass is 19.4. The highest BCUT2D eigenvalue weighted by molar-refractivity contribution is 6.00. The van der Waals surface area contributed by atoms with E-state index in [1.165, 1.54) is 0 Å². The van der Waals surface area contributed by atoms with E-state index in [0.717, 1.165) is 20.8 Å². The molecule has 0 bridgehead atoms. The molecule has 0 fully saturated rings. The van der Waals surface area contributed by atoms with Crippen LogP contribution in [0.5, 0.6) is 0 Å². The van der Waals surface area contributed by atoms with Crippen LogP contribution in [0, 0.1) is 5.41 Å². The minimum Gasteiger partial charge on any atom is -0.465 e. The fourth-order valence-corrected chi connectivity index (χ4v) is 2.41. The summed E-state index contributed by atoms with van der Waals surface area (Å²) < 4.78 is 205. The number of rotatable bonds is 11. The molecule has 0 saturated carbocycles. The molecule has 0 unspecified atom stereocenters. The highest BCUT2D eigenvalue weighted by Gasteiger charge is 2.94. The number of hydrogen-bond acceptors (Lipinski definition) is 4. The number of alkyl halides is 15. The number of ether oxygens (including phenoxy) is 2. The summed E-state index contributed by atoms with van der Waals surface area (Å²) in [6, 6.07) is 0. The molecule has 0 aromatic carbocycles. The van der Waals surface area contributed by atoms with E-state index in [2.05, 4.69) is 9.47 Å². The molecule has 35 heavy (non-hydrogen) atoms. The van der Waals surface area contributed by atoms with Crippen molar-refractivity contribution in [2.75, 3.05) is 6.61 Å². The van der Waals surface area contributed by atoms with Gasteiger partial charge in [-0.1, -0.05) is 13.8 Å². The Hall–Kier alpha value is -2.11. The van der Waals surface area contributed by atoms with Gasteiger partial charge in [0.05, 0.1) is 6.61 Å². The van der Waals surface area contributed by atoms with Gasteiger partial charge in [-0.25, -0.2) is 0 Å². The Balaban J connectivity index is 6.62. The molecule has 0 heterocycles. The van der Waals surface area contributed by atoms with Crippen LogP contribution in [0.15, 0.2) is 0 Å². The SMILES string of the molecule is CCOC(=O)C(CC)(CC)C(=O)OC(F)(F)C(F)(F)C(F)(F)C(F)(F)C(F)(F)C(F)(F)C(F)(F)F. The fourth-order valence-electron chi connectivity index (χ4n) is 2.41. The van der Waals surface area contributed by atoms with Gasteiger partial charge in [-0.05, 0) is 19.8 Å². The fraction of sp³-hybridized carbons (Fsp3) is 0.875. The maximum absolute atomic E-state index is 13.8. The zero-order valence-corrected chi connectivity index (χ0v) is 17.4. The van der Waals surface area contributed by atoms with Crippen LogP contribution in [0.25, 0.3) is 0 Å². The lowest BCUT2D eigenvalue weighted by Gasteiger charge is -2.41. The van der Waals surface area contributed by atoms with E-state index in [-0.39, 0.29) is 0 Å². The van der Waals surface area contributed by atoms with Crippen LogP contribution in [0.4, 0.5) is 65.9 Å². The number of halogens is 15. The van der Waals surface area contributed by atoms with Gasteiger partial charge in [0.15, 0.2) is 5.41 Å². The molecule has 0 N–H and O–H groups in total. The summed E-state index contributed by atoms with van der Waals surface area (Å²) in [5.74, 6) is -46.1. The normalized spacial score (nSPS) is 15.1. The molecule has 0 atom stereocenters. The number of esters is 2. The molecule has 0 aliphatic rings. The molecule has 0 saturated heterocycles. The second-order valence-corrected chi connectivity index (χ2v) is 6.79. The third-order valence-electron chi connectivity index (χ3n) is 4.78. The standard InChI is InChI=1S/C16H15F15O4/c1-4-9(5-2,7(32)34-6-3)8(33)35-16(30,31)14(25,26)12(21,22)10(17,18)11(19,20)13(23,24)15(27,28)29/h4-6H2,1-3H3. The molecule has 19 heteroatoms. The molecule has 0 aromatic heterocycles. The topological polar surface area (TPSA) is 52.6 Å². The summed E-state index contributed by atoms with van der Waals surface area (Å²) >= 11 is 0. The van der Waals surface area contributed by atoms with Gasteiger partial charge in [-0.15, -0.1) is 0 Å². The van der Waals surface area contributed by atoms with Crippen molar-refractivity contribution in [2.45, 2.75) is 75.5 Å². The first-order chi connectivity index (χ1) is 15.2. The first-order valence-electron chi connectivity index (χ1n) is 8.97. The van der Waals surface area contributed by atoms with Gasteiger partial charge in [0, 0.05) is 0 Å². The lowest BCUT2D eigenvalue weighted by atomic mass is 9.82. The van der Waals surface area contributed by atoms with E-state index in [1.807, 2.05) is 0 Å². The lowest BCUT2D eigenvalue weighted by Crippen LogP contribution is -2.73. The summed E-state index contributed by atoms with van der Waals surface area (Å²) in [5, 5.41) is 0. The first kappa shape index (κ1) is 32.9. The van der Waals surface area contributed by atoms with Crippen molar-refractivity contribution in [2.24, 2.45) is 5.41 Å². The summed E-state index contributed by atoms with van der Waals surface area (Å²) in [4.78, 5) is 23.9. The van der Waals surface area contributed by atoms with Gasteiger partial charge in [0.1, 0.15) is 0 Å². The predicted molar refractivity (Wildman–Crippen MR) is 81.5 cm³/mol. The third-order valence-corrected chi connectivity index (χ3v) is 4.78. The van der Waals surface area contributed by atoms with Crippen LogP contribution in [0.3, 0.4) is 0 Å². The zero-order valence-electron chi connectivity index (χ0n) is 17.4. The molecule has 0 radical (unpaired) electrons. The second kappa shape index (κ2) is 9.40. The molecule has 208 valence electrons. The molecule has 0 aliphatic heterocycles. The van der Waals surface area contributed by atoms with Crippen LogP contribution in [-0.4, -0.2) is 60.4 Å². The van der Waals surface area contributed by atoms with Crippen molar-refractivity contribution >= 4 is 11.9 Å². The second-order valence-electron chi connectivity index (χ2n) is 6.79. The first-order valence-corrected chi connectivity index (χ1v) is 8.97. The summed E-state index contributed by atoms with van der Waals surface area (Å²) in [6.45, 7) is 2.26. The van der Waals surface area contributed by atoms with E-state index >= 15 is 0 Å². The van der Waals surface area contributed by atoms with Crippen molar-refractivity contribution < 1.29 is 84.9 Å². The number of hydrogen-bond donors (Lipinski definition) is 0. The van der Waals surface area contributed by atoms with E-state index in [4.69, 9.17) is 0 Å². The predicted octanol–water partition coefficient (Wildman–Crippen LogP) is 6.23. The Bertz CT molecular complexity index is 784. The van der Waals surface area contributed by atoms with Gasteiger partial charge in [0.2, 0.25) is 0 Å². The van der Waals surface area contributed by atoms with Crippen LogP contribution < -0.4 is 0 Å². The Morgan fingerprint density at radius 3 is 1.20 bits per heavy atom. The van der Waals surface area contributed by atoms with Crippen LogP contribution in [-0.2, 0) is 19.1 Å². The van der Waals surface area contributed by atoms with E-state index < -0.39 is 78.7 Å². The third kappa shape index (κ3) is 4.70. The van der Waals surface area contributed by atoms with E-state index in [1.54, 1.807) is 0 Å². The summed E-state index contributed by atoms with van der Waals surface area (Å²) in [7, 11) is 0. The van der Waals surface area contributed by atoms with Gasteiger partial charge in [-0.2, -0.15) is 65.9 Å². The lowest BCUT2D eigenvalue weighted by molar-refractivity contribution is -0.468. The van der Waals surface area contributed by atoms with Crippen molar-refractivity contribution in [1.29, 1.82) is 0 Å². The molecule has 0 aliphatic carbocycles. The van der Waals surface area contributed by atoms with E-state index in [9.17, 15) is 75.4 Å². The maximum atomic E-state index is 13.8. The van der Waals surface area contributed by atoms with E-state index in [0.29, 0.717) is 0 Å². The summed E-state index contributed by atoms with van der Waals surface area (Å²) in [6.07, 6.45) is -16.8. The van der Waals surface area contributed by atoms with Crippen molar-refractivity contribution in [3.05, 3.63) is 0 Å². The summed E-state index contributed by atoms with van der Waals surface area (Å²) in [5.41, 5.74) is -2.94. The van der Waals surface area contributed by atoms with Crippen LogP contribution >= 0.6 is 0 Å². The van der Waals surface area contributed by atoms with Gasteiger partial charge >= 0.3 is 53.8 Å². The minimum absolute atomic E-state index is 0.562. The average Bonchev–Trinajstić information content (AvgIpc) is 2.67. The highest BCUT2D eigenvalue weighted by Crippen LogP contribution is 2.62. The Kier molecular flexibility index (Phi) is 8.84. The molecule has 0 spiro atoms. The molecular formula is C16H15F15O4. The van der Waals surface area contributed by atoms with Gasteiger partial charge in [-0.3, -0.25) is 9.59 Å². The molecular weight excluding hydrogens is 541 g/mol. The van der Waals surface area contributed by atoms with Crippen molar-refractivity contribution in [3.63, 3.8) is 0 Å². The maximum Gasteiger partial charge on any atom is 0.473 e. The Morgan fingerprint density at radius 2 is 0.886 bits per heavy atom. The van der Waals surface area contributed by atoms with Gasteiger partial charge in [0.25, 0.3) is 0 Å². The van der Waals surface area contributed by atoms with Gasteiger partial charge < -0.3 is 9.47 Å². The Labute approximate surface area is 185 Å². The van der Waals surface area contributed by atoms with Crippen molar-refractivity contribution in [3.8, 4) is 0 Å². The molecule has 0 rings (SSSR count). The number of carbonyl (C=O) groups excluding carboxylic acids is 2. The smallest absolute Gasteiger partial charge is 0.465 e. The quantitative estimate of drug-likeness (QED) is 0.172. The minimum atomic E-state index is -8.52. The molecule has 4 nitrogen and oxygen atoms in total. The molecule has 0 amide bonds. The number of carbonyl (C=O) groups is 2. The van der Waals surface area contributed by atoms with Crippen LogP contribution in [0.1, 0.15) is 33.6 Å². The van der Waals surface area contributed by atoms with Crippen molar-refractivity contribution in [1.82, 2.24) is 0 Å². The zero-order chi connectivity index (χ0) is 28.7. The molecule has 0 aromatic rings. The van der Waals surface area contributed by atoms with Crippen LogP contribution in [0.2, 0.25) is 0 Å².